The van der Waals surface area contributed by atoms with E-state index in [1.807, 2.05) is 6.07 Å². The van der Waals surface area contributed by atoms with E-state index in [2.05, 4.69) is 25.8 Å². The van der Waals surface area contributed by atoms with Crippen molar-refractivity contribution in [2.45, 2.75) is 44.6 Å². The van der Waals surface area contributed by atoms with E-state index < -0.39 is 17.9 Å². The van der Waals surface area contributed by atoms with Crippen LogP contribution in [0.2, 0.25) is 0 Å². The molecule has 1 unspecified atom stereocenters. The van der Waals surface area contributed by atoms with Gasteiger partial charge in [-0.05, 0) is 69.2 Å². The summed E-state index contributed by atoms with van der Waals surface area (Å²) < 4.78 is 0. The maximum absolute atomic E-state index is 12.4. The zero-order chi connectivity index (χ0) is 20.2. The van der Waals surface area contributed by atoms with Gasteiger partial charge in [0.15, 0.2) is 0 Å². The Morgan fingerprint density at radius 3 is 2.41 bits per heavy atom. The highest BCUT2D eigenvalue weighted by Crippen LogP contribution is 2.32. The monoisotopic (exact) mass is 399 g/mol. The van der Waals surface area contributed by atoms with Gasteiger partial charge in [-0.1, -0.05) is 0 Å². The second-order valence-electron chi connectivity index (χ2n) is 8.29. The van der Waals surface area contributed by atoms with E-state index >= 15 is 0 Å². The second kappa shape index (κ2) is 8.90. The molecule has 3 aliphatic rings. The van der Waals surface area contributed by atoms with Crippen molar-refractivity contribution >= 4 is 23.4 Å². The molecule has 1 atom stereocenters. The van der Waals surface area contributed by atoms with Crippen LogP contribution in [-0.2, 0) is 9.59 Å². The van der Waals surface area contributed by atoms with Gasteiger partial charge in [0, 0.05) is 19.5 Å². The number of pyridine rings is 1. The molecule has 29 heavy (non-hydrogen) atoms. The van der Waals surface area contributed by atoms with Crippen LogP contribution in [0.3, 0.4) is 0 Å². The standard InChI is InChI=1S/C21H29N5O3/c27-19-4-3-18(21(29)25-19)24-20(28)17-2-1-16(13-23-17)26-11-7-15(8-12-26)14-5-9-22-10-6-14/h1-2,13-15,18,22H,3-12H2,(H,24,28)(H,25,27,29). The lowest BCUT2D eigenvalue weighted by Crippen LogP contribution is -2.52. The van der Waals surface area contributed by atoms with Crippen molar-refractivity contribution in [2.75, 3.05) is 31.1 Å². The highest BCUT2D eigenvalue weighted by Gasteiger charge is 2.29. The number of nitrogens with zero attached hydrogens (tertiary/aromatic N) is 2. The van der Waals surface area contributed by atoms with Gasteiger partial charge in [0.2, 0.25) is 11.8 Å². The van der Waals surface area contributed by atoms with Crippen LogP contribution in [0.1, 0.15) is 49.0 Å². The van der Waals surface area contributed by atoms with Crippen LogP contribution in [-0.4, -0.2) is 54.9 Å². The van der Waals surface area contributed by atoms with Gasteiger partial charge in [0.05, 0.1) is 11.9 Å². The minimum absolute atomic E-state index is 0.233. The molecule has 4 rings (SSSR count). The lowest BCUT2D eigenvalue weighted by molar-refractivity contribution is -0.134. The largest absolute Gasteiger partial charge is 0.370 e. The molecule has 1 aromatic rings. The molecule has 3 amide bonds. The average molecular weight is 399 g/mol. The van der Waals surface area contributed by atoms with Crippen LogP contribution >= 0.6 is 0 Å². The van der Waals surface area contributed by atoms with Crippen molar-refractivity contribution in [3.63, 3.8) is 0 Å². The SMILES string of the molecule is O=C1CCC(NC(=O)c2ccc(N3CCC(C4CCNCC4)CC3)cn2)C(=O)N1. The Labute approximate surface area is 170 Å². The lowest BCUT2D eigenvalue weighted by Gasteiger charge is -2.38. The van der Waals surface area contributed by atoms with Crippen molar-refractivity contribution in [3.8, 4) is 0 Å². The maximum atomic E-state index is 12.4. The van der Waals surface area contributed by atoms with Crippen LogP contribution in [0.5, 0.6) is 0 Å². The third-order valence-corrected chi connectivity index (χ3v) is 6.48. The minimum Gasteiger partial charge on any atom is -0.370 e. The molecule has 156 valence electrons. The highest BCUT2D eigenvalue weighted by molar-refractivity contribution is 6.03. The number of carbonyl (C=O) groups excluding carboxylic acids is 3. The van der Waals surface area contributed by atoms with Gasteiger partial charge in [-0.3, -0.25) is 19.7 Å². The molecular weight excluding hydrogens is 370 g/mol. The van der Waals surface area contributed by atoms with E-state index in [4.69, 9.17) is 0 Å². The molecule has 3 aliphatic heterocycles. The fourth-order valence-corrected chi connectivity index (χ4v) is 4.72. The zero-order valence-corrected chi connectivity index (χ0v) is 16.7. The van der Waals surface area contributed by atoms with Crippen molar-refractivity contribution < 1.29 is 14.4 Å². The molecule has 8 heteroatoms. The van der Waals surface area contributed by atoms with Gasteiger partial charge < -0.3 is 15.5 Å². The van der Waals surface area contributed by atoms with Crippen LogP contribution < -0.4 is 20.9 Å². The van der Waals surface area contributed by atoms with Crippen LogP contribution in [0.4, 0.5) is 5.69 Å². The zero-order valence-electron chi connectivity index (χ0n) is 16.7. The van der Waals surface area contributed by atoms with Gasteiger partial charge in [0.25, 0.3) is 5.91 Å². The lowest BCUT2D eigenvalue weighted by atomic mass is 9.79. The molecule has 0 radical (unpaired) electrons. The summed E-state index contributed by atoms with van der Waals surface area (Å²) in [6, 6.07) is 2.95. The van der Waals surface area contributed by atoms with Crippen molar-refractivity contribution in [2.24, 2.45) is 11.8 Å². The topological polar surface area (TPSA) is 103 Å². The number of imide groups is 1. The number of hydrogen-bond acceptors (Lipinski definition) is 6. The average Bonchev–Trinajstić information content (AvgIpc) is 2.76. The van der Waals surface area contributed by atoms with Gasteiger partial charge in [-0.2, -0.15) is 0 Å². The smallest absolute Gasteiger partial charge is 0.270 e. The molecule has 3 N–H and O–H groups in total. The Morgan fingerprint density at radius 1 is 1.03 bits per heavy atom. The third kappa shape index (κ3) is 4.75. The minimum atomic E-state index is -0.685. The summed E-state index contributed by atoms with van der Waals surface area (Å²) in [6.07, 6.45) is 7.30. The summed E-state index contributed by atoms with van der Waals surface area (Å²) in [5.74, 6) is 0.528. The van der Waals surface area contributed by atoms with Gasteiger partial charge in [-0.25, -0.2) is 4.98 Å². The number of piperidine rings is 3. The number of nitrogens with one attached hydrogen (secondary N) is 3. The first-order valence-electron chi connectivity index (χ1n) is 10.7. The third-order valence-electron chi connectivity index (χ3n) is 6.48. The number of rotatable bonds is 4. The van der Waals surface area contributed by atoms with Gasteiger partial charge in [0.1, 0.15) is 11.7 Å². The summed E-state index contributed by atoms with van der Waals surface area (Å²) in [5, 5.41) is 8.35. The quantitative estimate of drug-likeness (QED) is 0.648. The summed E-state index contributed by atoms with van der Waals surface area (Å²) in [5.41, 5.74) is 1.31. The number of anilines is 1. The number of hydrogen-bond donors (Lipinski definition) is 3. The van der Waals surface area contributed by atoms with E-state index in [0.717, 1.165) is 43.7 Å². The molecule has 3 fully saturated rings. The van der Waals surface area contributed by atoms with E-state index in [9.17, 15) is 14.4 Å². The van der Waals surface area contributed by atoms with Crippen LogP contribution in [0.25, 0.3) is 0 Å². The van der Waals surface area contributed by atoms with Crippen molar-refractivity contribution in [3.05, 3.63) is 24.0 Å². The molecule has 4 heterocycles. The molecule has 1 aromatic heterocycles. The van der Waals surface area contributed by atoms with E-state index in [0.29, 0.717) is 6.42 Å². The molecule has 0 bridgehead atoms. The molecule has 0 aromatic carbocycles. The van der Waals surface area contributed by atoms with Crippen molar-refractivity contribution in [1.29, 1.82) is 0 Å². The fraction of sp³-hybridized carbons (Fsp3) is 0.619. The Morgan fingerprint density at radius 2 is 1.76 bits per heavy atom. The number of carbonyl (C=O) groups is 3. The predicted octanol–water partition coefficient (Wildman–Crippen LogP) is 0.833. The first kappa shape index (κ1) is 19.8. The van der Waals surface area contributed by atoms with Crippen molar-refractivity contribution in [1.82, 2.24) is 20.9 Å². The fourth-order valence-electron chi connectivity index (χ4n) is 4.72. The molecule has 0 saturated carbocycles. The molecule has 0 aliphatic carbocycles. The second-order valence-corrected chi connectivity index (χ2v) is 8.29. The highest BCUT2D eigenvalue weighted by atomic mass is 16.2. The number of aromatic nitrogens is 1. The summed E-state index contributed by atoms with van der Waals surface area (Å²) in [6.45, 7) is 4.35. The Balaban J connectivity index is 1.29. The van der Waals surface area contributed by atoms with Crippen LogP contribution in [0, 0.1) is 11.8 Å². The molecule has 8 nitrogen and oxygen atoms in total. The Kier molecular flexibility index (Phi) is 6.08. The van der Waals surface area contributed by atoms with Gasteiger partial charge in [-0.15, -0.1) is 0 Å². The summed E-state index contributed by atoms with van der Waals surface area (Å²) in [7, 11) is 0. The summed E-state index contributed by atoms with van der Waals surface area (Å²) in [4.78, 5) is 42.0. The first-order valence-corrected chi connectivity index (χ1v) is 10.7. The predicted molar refractivity (Wildman–Crippen MR) is 108 cm³/mol. The molecular formula is C21H29N5O3. The first-order chi connectivity index (χ1) is 14.1. The van der Waals surface area contributed by atoms with Gasteiger partial charge >= 0.3 is 0 Å². The summed E-state index contributed by atoms with van der Waals surface area (Å²) >= 11 is 0. The Bertz CT molecular complexity index is 752. The van der Waals surface area contributed by atoms with Crippen LogP contribution in [0.15, 0.2) is 18.3 Å². The van der Waals surface area contributed by atoms with E-state index in [1.54, 1.807) is 12.3 Å². The number of amides is 3. The van der Waals surface area contributed by atoms with E-state index in [-0.39, 0.29) is 18.0 Å². The molecule has 3 saturated heterocycles. The van der Waals surface area contributed by atoms with E-state index in [1.165, 1.54) is 25.7 Å². The Hall–Kier alpha value is -2.48. The maximum Gasteiger partial charge on any atom is 0.270 e. The normalized spacial score (nSPS) is 24.3. The molecule has 0 spiro atoms.